The highest BCUT2D eigenvalue weighted by atomic mass is 32.2. The summed E-state index contributed by atoms with van der Waals surface area (Å²) in [4.78, 5) is 41.7. The van der Waals surface area contributed by atoms with Gasteiger partial charge in [-0.2, -0.15) is 11.8 Å². The lowest BCUT2D eigenvalue weighted by Gasteiger charge is -2.37. The fraction of sp³-hybridized carbons (Fsp3) is 0.667. The quantitative estimate of drug-likeness (QED) is 0.382. The molecule has 3 amide bonds. The average molecular weight is 508 g/mol. The minimum absolute atomic E-state index is 0.215. The Balaban J connectivity index is 3.44. The summed E-state index contributed by atoms with van der Waals surface area (Å²) >= 11 is 1.59. The van der Waals surface area contributed by atoms with Gasteiger partial charge in [-0.25, -0.2) is 4.79 Å². The fourth-order valence-electron chi connectivity index (χ4n) is 3.84. The first-order valence-corrected chi connectivity index (χ1v) is 13.9. The highest BCUT2D eigenvalue weighted by Crippen LogP contribution is 2.28. The minimum atomic E-state index is -0.809. The number of nitrogens with zero attached hydrogens (tertiary/aromatic N) is 1. The molecule has 0 fully saturated rings. The van der Waals surface area contributed by atoms with Crippen LogP contribution in [-0.2, 0) is 14.3 Å². The molecule has 35 heavy (non-hydrogen) atoms. The third kappa shape index (κ3) is 10.1. The lowest BCUT2D eigenvalue weighted by Crippen LogP contribution is -2.55. The van der Waals surface area contributed by atoms with Crippen LogP contribution < -0.4 is 10.6 Å². The van der Waals surface area contributed by atoms with Crippen LogP contribution in [0.25, 0.3) is 0 Å². The number of hydrogen-bond donors (Lipinski definition) is 2. The molecule has 0 bridgehead atoms. The van der Waals surface area contributed by atoms with Crippen molar-refractivity contribution in [3.05, 3.63) is 34.9 Å². The van der Waals surface area contributed by atoms with Crippen molar-refractivity contribution >= 4 is 29.7 Å². The SMILES string of the molecule is CCCCNC(=O)C(c1ccc(C)cc1C)N(C(=O)C(CCSC)NC(=O)OC(C)(C)C)C(C)C. The van der Waals surface area contributed by atoms with Crippen LogP contribution in [0, 0.1) is 13.8 Å². The van der Waals surface area contributed by atoms with Crippen LogP contribution in [0.3, 0.4) is 0 Å². The van der Waals surface area contributed by atoms with Gasteiger partial charge < -0.3 is 20.3 Å². The van der Waals surface area contributed by atoms with Crippen LogP contribution in [0.15, 0.2) is 18.2 Å². The molecule has 7 nitrogen and oxygen atoms in total. The number of benzene rings is 1. The summed E-state index contributed by atoms with van der Waals surface area (Å²) in [5, 5.41) is 5.79. The molecule has 8 heteroatoms. The zero-order chi connectivity index (χ0) is 26.8. The monoisotopic (exact) mass is 507 g/mol. The van der Waals surface area contributed by atoms with Crippen molar-refractivity contribution in [3.63, 3.8) is 0 Å². The maximum Gasteiger partial charge on any atom is 0.408 e. The first-order chi connectivity index (χ1) is 16.3. The third-order valence-corrected chi connectivity index (χ3v) is 6.13. The van der Waals surface area contributed by atoms with E-state index < -0.39 is 23.8 Å². The molecule has 0 saturated carbocycles. The number of thioether (sulfide) groups is 1. The van der Waals surface area contributed by atoms with Crippen LogP contribution in [-0.4, -0.2) is 59.0 Å². The van der Waals surface area contributed by atoms with Crippen molar-refractivity contribution in [1.82, 2.24) is 15.5 Å². The first-order valence-electron chi connectivity index (χ1n) is 12.5. The van der Waals surface area contributed by atoms with Crippen molar-refractivity contribution in [2.45, 2.75) is 98.4 Å². The van der Waals surface area contributed by atoms with Crippen molar-refractivity contribution in [1.29, 1.82) is 0 Å². The zero-order valence-electron chi connectivity index (χ0n) is 23.0. The maximum atomic E-state index is 14.0. The number of nitrogens with one attached hydrogen (secondary N) is 2. The Labute approximate surface area is 216 Å². The molecule has 0 spiro atoms. The van der Waals surface area contributed by atoms with Gasteiger partial charge in [0.2, 0.25) is 11.8 Å². The maximum absolute atomic E-state index is 14.0. The third-order valence-electron chi connectivity index (χ3n) is 5.49. The molecule has 2 atom stereocenters. The van der Waals surface area contributed by atoms with E-state index in [1.54, 1.807) is 37.4 Å². The molecule has 2 unspecified atom stereocenters. The molecule has 0 saturated heterocycles. The van der Waals surface area contributed by atoms with E-state index >= 15 is 0 Å². The second kappa shape index (κ2) is 14.4. The Hall–Kier alpha value is -2.22. The Morgan fingerprint density at radius 2 is 1.80 bits per heavy atom. The van der Waals surface area contributed by atoms with E-state index in [0.29, 0.717) is 18.7 Å². The summed E-state index contributed by atoms with van der Waals surface area (Å²) in [6.45, 7) is 15.7. The molecule has 0 radical (unpaired) electrons. The van der Waals surface area contributed by atoms with Gasteiger partial charge in [0, 0.05) is 12.6 Å². The molecular formula is C27H45N3O4S. The Morgan fingerprint density at radius 3 is 2.31 bits per heavy atom. The normalized spacial score (nSPS) is 13.2. The lowest BCUT2D eigenvalue weighted by molar-refractivity contribution is -0.144. The molecule has 1 aromatic carbocycles. The standard InChI is InChI=1S/C27H45N3O4S/c1-10-11-15-28-24(31)23(21-13-12-19(4)17-20(21)5)30(18(2)3)25(32)22(14-16-35-9)29-26(33)34-27(6,7)8/h12-13,17-18,22-23H,10-11,14-16H2,1-9H3,(H,28,31)(H,29,33). The van der Waals surface area contributed by atoms with E-state index in [1.165, 1.54) is 0 Å². The molecular weight excluding hydrogens is 462 g/mol. The number of ether oxygens (including phenoxy) is 1. The van der Waals surface area contributed by atoms with Gasteiger partial charge in [0.05, 0.1) is 0 Å². The van der Waals surface area contributed by atoms with E-state index in [9.17, 15) is 14.4 Å². The highest BCUT2D eigenvalue weighted by Gasteiger charge is 2.38. The number of aryl methyl sites for hydroxylation is 2. The van der Waals surface area contributed by atoms with Crippen LogP contribution >= 0.6 is 11.8 Å². The number of amides is 3. The van der Waals surface area contributed by atoms with Gasteiger partial charge in [0.15, 0.2) is 0 Å². The average Bonchev–Trinajstić information content (AvgIpc) is 2.73. The van der Waals surface area contributed by atoms with Crippen LogP contribution in [0.2, 0.25) is 0 Å². The molecule has 0 aliphatic heterocycles. The molecule has 1 rings (SSSR count). The summed E-state index contributed by atoms with van der Waals surface area (Å²) in [5.74, 6) is 0.165. The van der Waals surface area contributed by atoms with E-state index in [2.05, 4.69) is 17.6 Å². The first kappa shape index (κ1) is 30.8. The van der Waals surface area contributed by atoms with Crippen LogP contribution in [0.1, 0.15) is 83.5 Å². The van der Waals surface area contributed by atoms with Gasteiger partial charge >= 0.3 is 6.09 Å². The predicted octanol–water partition coefficient (Wildman–Crippen LogP) is 5.14. The van der Waals surface area contributed by atoms with Gasteiger partial charge in [-0.1, -0.05) is 37.1 Å². The Bertz CT molecular complexity index is 851. The Kier molecular flexibility index (Phi) is 12.6. The number of carbonyl (C=O) groups excluding carboxylic acids is 3. The molecule has 2 N–H and O–H groups in total. The topological polar surface area (TPSA) is 87.7 Å². The Morgan fingerprint density at radius 1 is 1.14 bits per heavy atom. The number of hydrogen-bond acceptors (Lipinski definition) is 5. The molecule has 0 aliphatic carbocycles. The van der Waals surface area contributed by atoms with Crippen molar-refractivity contribution in [3.8, 4) is 0 Å². The summed E-state index contributed by atoms with van der Waals surface area (Å²) in [6.07, 6.45) is 3.56. The van der Waals surface area contributed by atoms with Crippen molar-refractivity contribution in [2.75, 3.05) is 18.6 Å². The molecule has 198 valence electrons. The molecule has 1 aromatic rings. The molecule has 0 aliphatic rings. The number of rotatable bonds is 12. The minimum Gasteiger partial charge on any atom is -0.444 e. The van der Waals surface area contributed by atoms with Crippen LogP contribution in [0.5, 0.6) is 0 Å². The van der Waals surface area contributed by atoms with E-state index in [4.69, 9.17) is 4.74 Å². The van der Waals surface area contributed by atoms with Gasteiger partial charge in [-0.3, -0.25) is 9.59 Å². The van der Waals surface area contributed by atoms with Crippen molar-refractivity contribution in [2.24, 2.45) is 0 Å². The fourth-order valence-corrected chi connectivity index (χ4v) is 4.31. The highest BCUT2D eigenvalue weighted by molar-refractivity contribution is 7.98. The van der Waals surface area contributed by atoms with Gasteiger partial charge in [0.25, 0.3) is 0 Å². The summed E-state index contributed by atoms with van der Waals surface area (Å²) in [6, 6.07) is 4.02. The second-order valence-corrected chi connectivity index (χ2v) is 11.2. The summed E-state index contributed by atoms with van der Waals surface area (Å²) in [5.41, 5.74) is 2.13. The van der Waals surface area contributed by atoms with Gasteiger partial charge in [0.1, 0.15) is 17.7 Å². The van der Waals surface area contributed by atoms with E-state index in [-0.39, 0.29) is 17.9 Å². The summed E-state index contributed by atoms with van der Waals surface area (Å²) in [7, 11) is 0. The zero-order valence-corrected chi connectivity index (χ0v) is 23.8. The lowest BCUT2D eigenvalue weighted by atomic mass is 9.95. The predicted molar refractivity (Wildman–Crippen MR) is 145 cm³/mol. The number of alkyl carbamates (subject to hydrolysis) is 1. The van der Waals surface area contributed by atoms with Crippen LogP contribution in [0.4, 0.5) is 4.79 Å². The van der Waals surface area contributed by atoms with Crippen molar-refractivity contribution < 1.29 is 19.1 Å². The molecule has 0 heterocycles. The second-order valence-electron chi connectivity index (χ2n) is 10.2. The van der Waals surface area contributed by atoms with Gasteiger partial charge in [-0.15, -0.1) is 0 Å². The number of unbranched alkanes of at least 4 members (excludes halogenated alkanes) is 1. The van der Waals surface area contributed by atoms with E-state index in [0.717, 1.165) is 29.5 Å². The largest absolute Gasteiger partial charge is 0.444 e. The summed E-state index contributed by atoms with van der Waals surface area (Å²) < 4.78 is 5.42. The van der Waals surface area contributed by atoms with Gasteiger partial charge in [-0.05, 0) is 84.4 Å². The number of carbonyl (C=O) groups is 3. The van der Waals surface area contributed by atoms with E-state index in [1.807, 2.05) is 52.1 Å². The smallest absolute Gasteiger partial charge is 0.408 e. The molecule has 0 aromatic heterocycles.